The summed E-state index contributed by atoms with van der Waals surface area (Å²) in [5, 5.41) is 0. The molecule has 1 rings (SSSR count). The highest BCUT2D eigenvalue weighted by Gasteiger charge is 2.13. The number of allylic oxidation sites excluding steroid dienone is 3. The normalized spacial score (nSPS) is 23.7. The van der Waals surface area contributed by atoms with Gasteiger partial charge in [-0.25, -0.2) is 0 Å². The monoisotopic (exact) mass is 154 g/mol. The van der Waals surface area contributed by atoms with Crippen LogP contribution < -0.4 is 0 Å². The Kier molecular flexibility index (Phi) is 2.58. The van der Waals surface area contributed by atoms with Gasteiger partial charge in [-0.2, -0.15) is 0 Å². The van der Waals surface area contributed by atoms with E-state index < -0.39 is 0 Å². The molecular weight excluding hydrogens is 140 g/mol. The van der Waals surface area contributed by atoms with E-state index in [0.29, 0.717) is 5.92 Å². The summed E-state index contributed by atoms with van der Waals surface area (Å²) in [4.78, 5) is 0. The van der Waals surface area contributed by atoms with Crippen molar-refractivity contribution >= 4 is 0 Å². The molecular formula is C9H14O2. The summed E-state index contributed by atoms with van der Waals surface area (Å²) in [6.07, 6.45) is 5.03. The fourth-order valence-electron chi connectivity index (χ4n) is 1.17. The van der Waals surface area contributed by atoms with Gasteiger partial charge in [0, 0.05) is 6.42 Å². The lowest BCUT2D eigenvalue weighted by atomic mass is 10.0. The van der Waals surface area contributed by atoms with E-state index in [0.717, 1.165) is 17.9 Å². The predicted molar refractivity (Wildman–Crippen MR) is 44.0 cm³/mol. The standard InChI is InChI=1S/C9H14O2/c1-7-4-5-8(10-2)9(6-7)11-3/h4-5,7H,6H2,1-3H3/t7-/m0/s1. The molecule has 0 saturated carbocycles. The van der Waals surface area contributed by atoms with Crippen LogP contribution in [0.4, 0.5) is 0 Å². The molecule has 0 bridgehead atoms. The van der Waals surface area contributed by atoms with Gasteiger partial charge in [-0.3, -0.25) is 0 Å². The summed E-state index contributed by atoms with van der Waals surface area (Å²) in [5.74, 6) is 2.36. The number of hydrogen-bond donors (Lipinski definition) is 0. The van der Waals surface area contributed by atoms with Gasteiger partial charge in [0.2, 0.25) is 0 Å². The number of ether oxygens (including phenoxy) is 2. The van der Waals surface area contributed by atoms with Crippen LogP contribution in [-0.4, -0.2) is 14.2 Å². The molecule has 0 N–H and O–H groups in total. The first kappa shape index (κ1) is 8.18. The maximum atomic E-state index is 5.17. The Bertz CT molecular complexity index is 192. The zero-order chi connectivity index (χ0) is 8.27. The first-order chi connectivity index (χ1) is 5.27. The van der Waals surface area contributed by atoms with E-state index in [1.165, 1.54) is 0 Å². The third kappa shape index (κ3) is 1.76. The van der Waals surface area contributed by atoms with Crippen molar-refractivity contribution in [1.29, 1.82) is 0 Å². The van der Waals surface area contributed by atoms with Crippen LogP contribution in [0, 0.1) is 5.92 Å². The predicted octanol–water partition coefficient (Wildman–Crippen LogP) is 2.09. The maximum Gasteiger partial charge on any atom is 0.156 e. The molecule has 11 heavy (non-hydrogen) atoms. The zero-order valence-electron chi connectivity index (χ0n) is 7.26. The first-order valence-corrected chi connectivity index (χ1v) is 3.77. The SMILES string of the molecule is COC1=C(OC)C[C@@H](C)C=C1. The molecule has 0 amide bonds. The number of methoxy groups -OCH3 is 2. The third-order valence-electron chi connectivity index (χ3n) is 1.82. The molecule has 0 radical (unpaired) electrons. The Morgan fingerprint density at radius 3 is 2.64 bits per heavy atom. The van der Waals surface area contributed by atoms with Crippen LogP contribution in [0.1, 0.15) is 13.3 Å². The molecule has 0 heterocycles. The third-order valence-corrected chi connectivity index (χ3v) is 1.82. The Morgan fingerprint density at radius 1 is 1.36 bits per heavy atom. The average Bonchev–Trinajstić information content (AvgIpc) is 2.04. The van der Waals surface area contributed by atoms with Crippen molar-refractivity contribution in [3.05, 3.63) is 23.7 Å². The number of rotatable bonds is 2. The Balaban J connectivity index is 2.76. The molecule has 0 saturated heterocycles. The van der Waals surface area contributed by atoms with Crippen LogP contribution in [0.25, 0.3) is 0 Å². The van der Waals surface area contributed by atoms with Gasteiger partial charge in [-0.05, 0) is 12.0 Å². The highest BCUT2D eigenvalue weighted by Crippen LogP contribution is 2.23. The molecule has 2 nitrogen and oxygen atoms in total. The van der Waals surface area contributed by atoms with Crippen molar-refractivity contribution in [3.8, 4) is 0 Å². The van der Waals surface area contributed by atoms with Crippen molar-refractivity contribution in [2.75, 3.05) is 14.2 Å². The van der Waals surface area contributed by atoms with Crippen LogP contribution in [0.15, 0.2) is 23.7 Å². The topological polar surface area (TPSA) is 18.5 Å². The van der Waals surface area contributed by atoms with Crippen LogP contribution in [0.3, 0.4) is 0 Å². The lowest BCUT2D eigenvalue weighted by Gasteiger charge is -2.17. The molecule has 0 aliphatic heterocycles. The van der Waals surface area contributed by atoms with Crippen LogP contribution >= 0.6 is 0 Å². The fraction of sp³-hybridized carbons (Fsp3) is 0.556. The minimum atomic E-state index is 0.559. The largest absolute Gasteiger partial charge is 0.497 e. The molecule has 0 aromatic heterocycles. The van der Waals surface area contributed by atoms with E-state index in [1.54, 1.807) is 14.2 Å². The zero-order valence-corrected chi connectivity index (χ0v) is 7.26. The highest BCUT2D eigenvalue weighted by molar-refractivity contribution is 5.22. The van der Waals surface area contributed by atoms with E-state index >= 15 is 0 Å². The van der Waals surface area contributed by atoms with Crippen molar-refractivity contribution in [1.82, 2.24) is 0 Å². The number of hydrogen-bond acceptors (Lipinski definition) is 2. The van der Waals surface area contributed by atoms with Gasteiger partial charge in [-0.15, -0.1) is 0 Å². The second-order valence-electron chi connectivity index (χ2n) is 2.74. The summed E-state index contributed by atoms with van der Waals surface area (Å²) in [5.41, 5.74) is 0. The van der Waals surface area contributed by atoms with E-state index in [9.17, 15) is 0 Å². The van der Waals surface area contributed by atoms with Gasteiger partial charge in [0.25, 0.3) is 0 Å². The molecule has 2 heteroatoms. The van der Waals surface area contributed by atoms with Crippen LogP contribution in [0.2, 0.25) is 0 Å². The van der Waals surface area contributed by atoms with E-state index in [1.807, 2.05) is 6.08 Å². The first-order valence-electron chi connectivity index (χ1n) is 3.77. The molecule has 1 aliphatic rings. The lowest BCUT2D eigenvalue weighted by Crippen LogP contribution is -2.04. The van der Waals surface area contributed by atoms with Gasteiger partial charge in [0.1, 0.15) is 5.76 Å². The van der Waals surface area contributed by atoms with E-state index in [2.05, 4.69) is 13.0 Å². The fourth-order valence-corrected chi connectivity index (χ4v) is 1.17. The van der Waals surface area contributed by atoms with Crippen molar-refractivity contribution in [3.63, 3.8) is 0 Å². The molecule has 0 fully saturated rings. The van der Waals surface area contributed by atoms with Gasteiger partial charge in [0.15, 0.2) is 5.76 Å². The Morgan fingerprint density at radius 2 is 2.09 bits per heavy atom. The highest BCUT2D eigenvalue weighted by atomic mass is 16.5. The van der Waals surface area contributed by atoms with E-state index in [4.69, 9.17) is 9.47 Å². The summed E-state index contributed by atoms with van der Waals surface area (Å²) in [6, 6.07) is 0. The van der Waals surface area contributed by atoms with Crippen LogP contribution in [0.5, 0.6) is 0 Å². The molecule has 0 spiro atoms. The Hall–Kier alpha value is -0.920. The Labute approximate surface area is 67.5 Å². The van der Waals surface area contributed by atoms with Crippen molar-refractivity contribution in [2.45, 2.75) is 13.3 Å². The van der Waals surface area contributed by atoms with Crippen LogP contribution in [-0.2, 0) is 9.47 Å². The van der Waals surface area contributed by atoms with Crippen molar-refractivity contribution < 1.29 is 9.47 Å². The van der Waals surface area contributed by atoms with Gasteiger partial charge >= 0.3 is 0 Å². The van der Waals surface area contributed by atoms with Crippen molar-refractivity contribution in [2.24, 2.45) is 5.92 Å². The lowest BCUT2D eigenvalue weighted by molar-refractivity contribution is 0.211. The summed E-state index contributed by atoms with van der Waals surface area (Å²) in [7, 11) is 3.34. The van der Waals surface area contributed by atoms with Gasteiger partial charge < -0.3 is 9.47 Å². The summed E-state index contributed by atoms with van der Waals surface area (Å²) >= 11 is 0. The minimum absolute atomic E-state index is 0.559. The summed E-state index contributed by atoms with van der Waals surface area (Å²) < 4.78 is 10.3. The average molecular weight is 154 g/mol. The molecule has 0 unspecified atom stereocenters. The maximum absolute atomic E-state index is 5.17. The smallest absolute Gasteiger partial charge is 0.156 e. The second kappa shape index (κ2) is 3.46. The molecule has 1 aliphatic carbocycles. The van der Waals surface area contributed by atoms with E-state index in [-0.39, 0.29) is 0 Å². The molecule has 1 atom stereocenters. The van der Waals surface area contributed by atoms with Gasteiger partial charge in [-0.1, -0.05) is 13.0 Å². The molecule has 62 valence electrons. The molecule has 0 aromatic carbocycles. The minimum Gasteiger partial charge on any atom is -0.497 e. The van der Waals surface area contributed by atoms with Gasteiger partial charge in [0.05, 0.1) is 14.2 Å². The summed E-state index contributed by atoms with van der Waals surface area (Å²) in [6.45, 7) is 2.15. The quantitative estimate of drug-likeness (QED) is 0.606. The molecule has 0 aromatic rings. The second-order valence-corrected chi connectivity index (χ2v) is 2.74.